The number of hydrogen-bond donors (Lipinski definition) is 10. The van der Waals surface area contributed by atoms with Crippen LogP contribution in [0.1, 0.15) is 39.6 Å². The van der Waals surface area contributed by atoms with Crippen LogP contribution in [0.4, 0.5) is 4.79 Å². The summed E-state index contributed by atoms with van der Waals surface area (Å²) in [4.78, 5) is 81.7. The third-order valence-corrected chi connectivity index (χ3v) is 5.99. The van der Waals surface area contributed by atoms with E-state index in [0.717, 1.165) is 0 Å². The van der Waals surface area contributed by atoms with Gasteiger partial charge in [0.05, 0.1) is 12.1 Å². The lowest BCUT2D eigenvalue weighted by molar-refractivity contribution is -0.143. The van der Waals surface area contributed by atoms with Gasteiger partial charge in [0.1, 0.15) is 17.8 Å². The number of hydrogen-bond acceptors (Lipinski definition) is 8. The van der Waals surface area contributed by atoms with Crippen molar-refractivity contribution in [1.82, 2.24) is 10.6 Å². The van der Waals surface area contributed by atoms with Crippen LogP contribution in [0.25, 0.3) is 0 Å². The van der Waals surface area contributed by atoms with E-state index in [1.807, 2.05) is 5.32 Å². The summed E-state index contributed by atoms with van der Waals surface area (Å²) in [7, 11) is -4.41. The first kappa shape index (κ1) is 36.5. The maximum atomic E-state index is 11.9. The standard InChI is InChI=1S/C16H20N2O8.C6H11O7P.CH3I/c1-8-6-9(2-4-12(8)19)7-11(15(24)25)18-16(26)17-10(14(22)23)3-5-13(20)21;7-5(8)2-1-4(6(9)10)3-14(11,12)13;1-2/h2,4,6,10-11,19H,3,5,7H2,1H3,(H,20,21)(H,22,23)(H,24,25)(H2,17,18,26);4H,1-3H2,(H,7,8)(H,9,10)(H2,11,12,13);1H3/t10-,11-;;/m0../s1/i;;1TD. The van der Waals surface area contributed by atoms with E-state index in [-0.39, 0.29) is 25.0 Å². The second-order valence-corrected chi connectivity index (χ2v) is 10.2. The normalized spacial score (nSPS) is 13.9. The molecule has 0 saturated heterocycles. The molecule has 0 fully saturated rings. The third kappa shape index (κ3) is 19.6. The Morgan fingerprint density at radius 2 is 1.40 bits per heavy atom. The number of phenolic OH excluding ortho intramolecular Hbond substituents is 1. The molecule has 0 aliphatic heterocycles. The van der Waals surface area contributed by atoms with Crippen LogP contribution < -0.4 is 10.6 Å². The lowest BCUT2D eigenvalue weighted by Crippen LogP contribution is -2.51. The molecular weight excluding hydrogens is 702 g/mol. The van der Waals surface area contributed by atoms with Gasteiger partial charge in [-0.25, -0.2) is 14.4 Å². The zero-order valence-electron chi connectivity index (χ0n) is 24.0. The van der Waals surface area contributed by atoms with Gasteiger partial charge < -0.3 is 51.1 Å². The number of carbonyl (C=O) groups is 6. The van der Waals surface area contributed by atoms with Gasteiger partial charge in [-0.05, 0) is 41.8 Å². The maximum Gasteiger partial charge on any atom is 0.326 e. The van der Waals surface area contributed by atoms with Gasteiger partial charge in [0, 0.05) is 22.0 Å². The van der Waals surface area contributed by atoms with E-state index in [2.05, 4.69) is 5.32 Å². The molecule has 10 N–H and O–H groups in total. The number of nitrogens with one attached hydrogen (secondary N) is 2. The Morgan fingerprint density at radius 3 is 1.81 bits per heavy atom. The molecule has 0 aliphatic rings. The first-order chi connectivity index (χ1) is 20.0. The van der Waals surface area contributed by atoms with E-state index >= 15 is 0 Å². The van der Waals surface area contributed by atoms with Crippen molar-refractivity contribution in [2.75, 3.05) is 11.0 Å². The van der Waals surface area contributed by atoms with Gasteiger partial charge in [0.25, 0.3) is 0 Å². The molecule has 0 spiro atoms. The molecule has 0 heterocycles. The molecule has 1 rings (SSSR count). The molecule has 19 heteroatoms. The van der Waals surface area contributed by atoms with Gasteiger partial charge in [-0.15, -0.1) is 0 Å². The van der Waals surface area contributed by atoms with Crippen LogP contribution in [0.2, 0.25) is 0 Å². The Labute approximate surface area is 256 Å². The number of aromatic hydroxyl groups is 1. The summed E-state index contributed by atoms with van der Waals surface area (Å²) >= 11 is 1.68. The highest BCUT2D eigenvalue weighted by Crippen LogP contribution is 2.38. The molecule has 17 nitrogen and oxygen atoms in total. The molecule has 0 aliphatic carbocycles. The highest BCUT2D eigenvalue weighted by atomic mass is 127. The fourth-order valence-electron chi connectivity index (χ4n) is 3.04. The molecule has 0 radical (unpaired) electrons. The van der Waals surface area contributed by atoms with Gasteiger partial charge >= 0.3 is 43.5 Å². The van der Waals surface area contributed by atoms with Gasteiger partial charge in [-0.2, -0.15) is 0 Å². The fourth-order valence-corrected chi connectivity index (χ4v) is 3.95. The molecule has 1 aromatic rings. The number of halogens is 1. The minimum absolute atomic E-state index is 0.0501. The van der Waals surface area contributed by atoms with Crippen LogP contribution in [-0.2, 0) is 35.0 Å². The summed E-state index contributed by atoms with van der Waals surface area (Å²) in [6, 6.07) is 0.633. The van der Waals surface area contributed by atoms with Crippen molar-refractivity contribution >= 4 is 66.1 Å². The van der Waals surface area contributed by atoms with E-state index in [1.54, 1.807) is 35.6 Å². The Kier molecular flexibility index (Phi) is 17.8. The first-order valence-corrected chi connectivity index (χ1v) is 14.6. The average Bonchev–Trinajstić information content (AvgIpc) is 2.85. The minimum atomic E-state index is -4.41. The monoisotopic (exact) mass is 739 g/mol. The Hall–Kier alpha value is -3.48. The van der Waals surface area contributed by atoms with Gasteiger partial charge in [0.2, 0.25) is 0 Å². The minimum Gasteiger partial charge on any atom is -0.508 e. The number of aliphatic carboxylic acids is 5. The Morgan fingerprint density at radius 1 is 0.929 bits per heavy atom. The summed E-state index contributed by atoms with van der Waals surface area (Å²) in [6.45, 7) is 1.63. The lowest BCUT2D eigenvalue weighted by atomic mass is 10.0. The van der Waals surface area contributed by atoms with E-state index in [9.17, 15) is 43.5 Å². The van der Waals surface area contributed by atoms with Crippen LogP contribution in [-0.4, -0.2) is 99.4 Å². The van der Waals surface area contributed by atoms with Crippen molar-refractivity contribution < 1.29 is 76.5 Å². The molecular formula is C23H34IN2O15P. The van der Waals surface area contributed by atoms with Crippen molar-refractivity contribution in [3.63, 3.8) is 0 Å². The average molecular weight is 739 g/mol. The number of benzene rings is 1. The highest BCUT2D eigenvalue weighted by molar-refractivity contribution is 14.1. The van der Waals surface area contributed by atoms with Crippen molar-refractivity contribution in [3.8, 4) is 5.75 Å². The molecule has 42 heavy (non-hydrogen) atoms. The predicted molar refractivity (Wildman–Crippen MR) is 153 cm³/mol. The van der Waals surface area contributed by atoms with Crippen LogP contribution >= 0.6 is 30.2 Å². The molecule has 0 saturated carbocycles. The highest BCUT2D eigenvalue weighted by Gasteiger charge is 2.28. The Bertz CT molecular complexity index is 1200. The van der Waals surface area contributed by atoms with Crippen LogP contribution in [0, 0.1) is 12.8 Å². The largest absolute Gasteiger partial charge is 0.508 e. The fraction of sp³-hybridized carbons (Fsp3) is 0.478. The van der Waals surface area contributed by atoms with Crippen molar-refractivity contribution in [2.45, 2.75) is 51.1 Å². The molecule has 0 aromatic heterocycles. The molecule has 238 valence electrons. The number of phenols is 1. The second-order valence-electron chi connectivity index (χ2n) is 8.47. The van der Waals surface area contributed by atoms with Crippen LogP contribution in [0.15, 0.2) is 18.2 Å². The second kappa shape index (κ2) is 20.4. The van der Waals surface area contributed by atoms with Crippen molar-refractivity contribution in [2.24, 2.45) is 5.92 Å². The zero-order chi connectivity index (χ0) is 34.8. The number of carboxylic acid groups (broad SMARTS) is 5. The smallest absolute Gasteiger partial charge is 0.326 e. The van der Waals surface area contributed by atoms with E-state index in [4.69, 9.17) is 33.0 Å². The number of alkyl halides is 1. The summed E-state index contributed by atoms with van der Waals surface area (Å²) in [5.74, 6) is -7.83. The van der Waals surface area contributed by atoms with Gasteiger partial charge in [0.15, 0.2) is 0 Å². The summed E-state index contributed by atoms with van der Waals surface area (Å²) in [5, 5.41) is 57.3. The number of aryl methyl sites for hydroxylation is 1. The van der Waals surface area contributed by atoms with E-state index < -0.39 is 85.4 Å². The van der Waals surface area contributed by atoms with Crippen molar-refractivity contribution in [3.05, 3.63) is 29.3 Å². The molecule has 2 unspecified atom stereocenters. The number of amides is 2. The molecule has 0 bridgehead atoms. The van der Waals surface area contributed by atoms with E-state index in [0.29, 0.717) is 11.1 Å². The summed E-state index contributed by atoms with van der Waals surface area (Å²) in [5.41, 5.74) is 1.09. The lowest BCUT2D eigenvalue weighted by Gasteiger charge is -2.18. The van der Waals surface area contributed by atoms with Crippen molar-refractivity contribution in [1.29, 1.82) is 0 Å². The maximum absolute atomic E-state index is 11.9. The SMILES string of the molecule is Cc1cc(C[C@H](NC(=O)N[C@@H](CCC(=O)O)C(=O)O)C(=O)O)ccc1O.O=C(O)CCC(CP(=O)(O)O)C(=O)O.[2H]C([3H])I. The summed E-state index contributed by atoms with van der Waals surface area (Å²) < 4.78 is 22.9. The zero-order valence-corrected chi connectivity index (χ0v) is 25.1. The third-order valence-electron chi connectivity index (χ3n) is 5.07. The summed E-state index contributed by atoms with van der Waals surface area (Å²) in [6.07, 6.45) is -2.42. The number of rotatable bonds is 15. The number of urea groups is 1. The van der Waals surface area contributed by atoms with Crippen LogP contribution in [0.5, 0.6) is 5.75 Å². The van der Waals surface area contributed by atoms with E-state index in [1.165, 1.54) is 12.1 Å². The topological polar surface area (TPSA) is 305 Å². The van der Waals surface area contributed by atoms with Gasteiger partial charge in [-0.1, -0.05) is 34.7 Å². The Balaban J connectivity index is 0. The van der Waals surface area contributed by atoms with Crippen LogP contribution in [0.3, 0.4) is 0 Å². The number of carboxylic acids is 5. The molecule has 1 aromatic carbocycles. The first-order valence-electron chi connectivity index (χ1n) is 12.7. The molecule has 2 amide bonds. The quantitative estimate of drug-likeness (QED) is 0.0684. The predicted octanol–water partition coefficient (Wildman–Crippen LogP) is 1.09. The number of carbonyl (C=O) groups excluding carboxylic acids is 1. The molecule has 4 atom stereocenters. The van der Waals surface area contributed by atoms with Gasteiger partial charge in [-0.3, -0.25) is 18.9 Å².